The van der Waals surface area contributed by atoms with Gasteiger partial charge in [-0.05, 0) is 6.92 Å². The smallest absolute Gasteiger partial charge is 0.371 e. The van der Waals surface area contributed by atoms with Crippen LogP contribution in [0.3, 0.4) is 0 Å². The van der Waals surface area contributed by atoms with Crippen LogP contribution < -0.4 is 0 Å². The van der Waals surface area contributed by atoms with Crippen LogP contribution in [-0.4, -0.2) is 63.3 Å². The number of nitrogens with zero attached hydrogens (tertiary/aromatic N) is 1. The number of hydrogen-bond acceptors (Lipinski definition) is 6. The van der Waals surface area contributed by atoms with Crippen LogP contribution in [0.2, 0.25) is 0 Å². The zero-order valence-corrected chi connectivity index (χ0v) is 12.7. The van der Waals surface area contributed by atoms with E-state index in [1.807, 2.05) is 0 Å². The third kappa shape index (κ3) is 2.82. The Kier molecular flexibility index (Phi) is 4.38. The van der Waals surface area contributed by atoms with Crippen LogP contribution in [0.4, 0.5) is 0 Å². The first-order valence-corrected chi connectivity index (χ1v) is 7.64. The number of hydrogen-bond donors (Lipinski definition) is 1. The van der Waals surface area contributed by atoms with Crippen LogP contribution in [-0.2, 0) is 19.5 Å². The van der Waals surface area contributed by atoms with Crippen molar-refractivity contribution in [3.8, 4) is 0 Å². The summed E-state index contributed by atoms with van der Waals surface area (Å²) in [6, 6.07) is 1.02. The Morgan fingerprint density at radius 1 is 1.33 bits per heavy atom. The molecule has 0 radical (unpaired) electrons. The first kappa shape index (κ1) is 16.0. The molecule has 0 saturated carbocycles. The van der Waals surface area contributed by atoms with Crippen molar-refractivity contribution in [3.63, 3.8) is 0 Å². The molecule has 2 heterocycles. The number of carboxylic acids is 1. The molecule has 1 aromatic rings. The number of furan rings is 1. The lowest BCUT2D eigenvalue weighted by Crippen LogP contribution is -2.30. The molecule has 0 bridgehead atoms. The quantitative estimate of drug-likeness (QED) is 0.833. The molecule has 118 valence electrons. The largest absolute Gasteiger partial charge is 0.475 e. The molecule has 1 aromatic heterocycles. The molecule has 0 aliphatic carbocycles. The zero-order chi connectivity index (χ0) is 15.8. The van der Waals surface area contributed by atoms with Gasteiger partial charge in [0.1, 0.15) is 10.7 Å². The van der Waals surface area contributed by atoms with E-state index in [2.05, 4.69) is 0 Å². The maximum atomic E-state index is 12.6. The molecule has 0 spiro atoms. The summed E-state index contributed by atoms with van der Waals surface area (Å²) in [5.41, 5.74) is 0. The molecule has 8 nitrogen and oxygen atoms in total. The van der Waals surface area contributed by atoms with Crippen molar-refractivity contribution in [2.75, 3.05) is 27.3 Å². The minimum atomic E-state index is -3.85. The van der Waals surface area contributed by atoms with Gasteiger partial charge in [0.15, 0.2) is 0 Å². The second-order valence-corrected chi connectivity index (χ2v) is 6.61. The molecule has 1 aliphatic heterocycles. The van der Waals surface area contributed by atoms with Gasteiger partial charge in [0.05, 0.1) is 12.2 Å². The molecular weight excluding hydrogens is 302 g/mol. The molecule has 1 aliphatic rings. The molecule has 1 fully saturated rings. The monoisotopic (exact) mass is 319 g/mol. The maximum absolute atomic E-state index is 12.6. The van der Waals surface area contributed by atoms with Gasteiger partial charge in [-0.3, -0.25) is 0 Å². The number of rotatable bonds is 5. The highest BCUT2D eigenvalue weighted by atomic mass is 32.2. The second kappa shape index (κ2) is 5.76. The van der Waals surface area contributed by atoms with Crippen LogP contribution in [0, 0.1) is 6.92 Å². The van der Waals surface area contributed by atoms with Gasteiger partial charge in [-0.1, -0.05) is 0 Å². The van der Waals surface area contributed by atoms with E-state index in [-0.39, 0.29) is 36.0 Å². The molecule has 1 saturated heterocycles. The van der Waals surface area contributed by atoms with Gasteiger partial charge in [0.25, 0.3) is 0 Å². The number of methoxy groups -OCH3 is 2. The van der Waals surface area contributed by atoms with Gasteiger partial charge in [-0.2, -0.15) is 4.31 Å². The maximum Gasteiger partial charge on any atom is 0.371 e. The lowest BCUT2D eigenvalue weighted by molar-refractivity contribution is -0.00461. The summed E-state index contributed by atoms with van der Waals surface area (Å²) in [6.45, 7) is 1.70. The van der Waals surface area contributed by atoms with Crippen LogP contribution >= 0.6 is 0 Å². The van der Waals surface area contributed by atoms with Crippen LogP contribution in [0.5, 0.6) is 0 Å². The molecular formula is C12H17NO7S. The minimum absolute atomic E-state index is 0.0437. The van der Waals surface area contributed by atoms with E-state index in [1.165, 1.54) is 25.4 Å². The van der Waals surface area contributed by atoms with E-state index in [0.717, 1.165) is 6.07 Å². The first-order valence-electron chi connectivity index (χ1n) is 6.20. The van der Waals surface area contributed by atoms with Crippen molar-refractivity contribution in [2.45, 2.75) is 24.0 Å². The Bertz CT molecular complexity index is 624. The molecule has 1 N–H and O–H groups in total. The third-order valence-electron chi connectivity index (χ3n) is 3.49. The molecule has 21 heavy (non-hydrogen) atoms. The fraction of sp³-hybridized carbons (Fsp3) is 0.583. The Morgan fingerprint density at radius 2 is 1.86 bits per heavy atom. The van der Waals surface area contributed by atoms with Crippen LogP contribution in [0.1, 0.15) is 16.3 Å². The van der Waals surface area contributed by atoms with Gasteiger partial charge < -0.3 is 19.0 Å². The molecule has 0 amide bonds. The first-order chi connectivity index (χ1) is 9.81. The third-order valence-corrected chi connectivity index (χ3v) is 5.43. The average molecular weight is 319 g/mol. The Balaban J connectivity index is 2.33. The number of aryl methyl sites for hydroxylation is 1. The summed E-state index contributed by atoms with van der Waals surface area (Å²) in [5.74, 6) is -1.68. The normalized spacial score (nSPS) is 23.6. The standard InChI is InChI=1S/C12H17NO7S/c1-7-11(4-8(20-7)12(14)15)21(16,17)13-5-9(18-2)10(6-13)19-3/h4,9-10H,5-6H2,1-3H3,(H,14,15). The summed E-state index contributed by atoms with van der Waals surface area (Å²) in [4.78, 5) is 10.7. The van der Waals surface area contributed by atoms with Crippen molar-refractivity contribution < 1.29 is 32.2 Å². The highest BCUT2D eigenvalue weighted by molar-refractivity contribution is 7.89. The van der Waals surface area contributed by atoms with E-state index in [1.54, 1.807) is 0 Å². The number of carboxylic acid groups (broad SMARTS) is 1. The molecule has 2 atom stereocenters. The van der Waals surface area contributed by atoms with Crippen molar-refractivity contribution in [2.24, 2.45) is 0 Å². The highest BCUT2D eigenvalue weighted by Gasteiger charge is 2.41. The van der Waals surface area contributed by atoms with Gasteiger partial charge >= 0.3 is 5.97 Å². The number of sulfonamides is 1. The molecule has 0 aromatic carbocycles. The van der Waals surface area contributed by atoms with Gasteiger partial charge in [0, 0.05) is 33.4 Å². The lowest BCUT2D eigenvalue weighted by Gasteiger charge is -2.14. The number of carbonyl (C=O) groups is 1. The Hall–Kier alpha value is -1.42. The van der Waals surface area contributed by atoms with E-state index in [9.17, 15) is 13.2 Å². The Morgan fingerprint density at radius 3 is 2.24 bits per heavy atom. The van der Waals surface area contributed by atoms with Crippen molar-refractivity contribution in [1.29, 1.82) is 0 Å². The zero-order valence-electron chi connectivity index (χ0n) is 11.9. The second-order valence-electron chi connectivity index (χ2n) is 4.71. The van der Waals surface area contributed by atoms with Crippen molar-refractivity contribution in [1.82, 2.24) is 4.31 Å². The fourth-order valence-corrected chi connectivity index (χ4v) is 3.95. The highest BCUT2D eigenvalue weighted by Crippen LogP contribution is 2.28. The van der Waals surface area contributed by atoms with E-state index in [4.69, 9.17) is 19.0 Å². The van der Waals surface area contributed by atoms with Crippen molar-refractivity contribution >= 4 is 16.0 Å². The van der Waals surface area contributed by atoms with Gasteiger partial charge in [0.2, 0.25) is 15.8 Å². The summed E-state index contributed by atoms with van der Waals surface area (Å²) in [7, 11) is -0.883. The number of aromatic carboxylic acids is 1. The van der Waals surface area contributed by atoms with Gasteiger partial charge in [-0.25, -0.2) is 13.2 Å². The summed E-state index contributed by atoms with van der Waals surface area (Å²) >= 11 is 0. The predicted octanol–water partition coefficient (Wildman–Crippen LogP) is 0.321. The molecule has 9 heteroatoms. The summed E-state index contributed by atoms with van der Waals surface area (Å²) < 4.78 is 41.7. The van der Waals surface area contributed by atoms with E-state index >= 15 is 0 Å². The molecule has 2 rings (SSSR count). The van der Waals surface area contributed by atoms with E-state index in [0.29, 0.717) is 0 Å². The fourth-order valence-electron chi connectivity index (χ4n) is 2.33. The average Bonchev–Trinajstić information content (AvgIpc) is 3.02. The number of ether oxygens (including phenoxy) is 2. The van der Waals surface area contributed by atoms with Gasteiger partial charge in [-0.15, -0.1) is 0 Å². The molecule has 2 unspecified atom stereocenters. The lowest BCUT2D eigenvalue weighted by atomic mass is 10.3. The van der Waals surface area contributed by atoms with Crippen LogP contribution in [0.25, 0.3) is 0 Å². The van der Waals surface area contributed by atoms with Crippen LogP contribution in [0.15, 0.2) is 15.4 Å². The van der Waals surface area contributed by atoms with E-state index < -0.39 is 21.8 Å². The summed E-state index contributed by atoms with van der Waals surface area (Å²) in [6.07, 6.45) is -0.730. The minimum Gasteiger partial charge on any atom is -0.475 e. The SMILES string of the molecule is COC1CN(S(=O)(=O)c2cc(C(=O)O)oc2C)CC1OC. The topological polar surface area (TPSA) is 106 Å². The van der Waals surface area contributed by atoms with Crippen molar-refractivity contribution in [3.05, 3.63) is 17.6 Å². The Labute approximate surface area is 122 Å². The predicted molar refractivity (Wildman–Crippen MR) is 70.8 cm³/mol. The summed E-state index contributed by atoms with van der Waals surface area (Å²) in [5, 5.41) is 8.87.